The maximum absolute atomic E-state index is 11.4. The molecule has 5 nitrogen and oxygen atoms in total. The summed E-state index contributed by atoms with van der Waals surface area (Å²) in [5.41, 5.74) is 15.7. The van der Waals surface area contributed by atoms with Crippen molar-refractivity contribution in [1.82, 2.24) is 0 Å². The van der Waals surface area contributed by atoms with Crippen molar-refractivity contribution < 1.29 is 4.79 Å². The molecule has 0 saturated carbocycles. The van der Waals surface area contributed by atoms with Crippen LogP contribution in [-0.4, -0.2) is 11.6 Å². The van der Waals surface area contributed by atoms with Gasteiger partial charge in [-0.05, 0) is 42.0 Å². The zero-order valence-corrected chi connectivity index (χ0v) is 14.2. The van der Waals surface area contributed by atoms with Crippen LogP contribution in [-0.2, 0) is 6.54 Å². The van der Waals surface area contributed by atoms with Crippen LogP contribution in [0.3, 0.4) is 0 Å². The minimum absolute atomic E-state index is 0.257. The Morgan fingerprint density at radius 2 is 1.69 bits per heavy atom. The van der Waals surface area contributed by atoms with Gasteiger partial charge in [0.05, 0.1) is 5.71 Å². The molecule has 0 atom stereocenters. The van der Waals surface area contributed by atoms with Crippen molar-refractivity contribution in [2.75, 3.05) is 11.1 Å². The Hall–Kier alpha value is -3.60. The SMILES string of the molecule is N=C(c1cccc(CNc2ccccc2)c1)c1cc(C(N)=O)ccc1N. The van der Waals surface area contributed by atoms with Crippen molar-refractivity contribution in [3.05, 3.63) is 95.1 Å². The molecule has 26 heavy (non-hydrogen) atoms. The molecule has 0 unspecified atom stereocenters. The number of para-hydroxylation sites is 1. The van der Waals surface area contributed by atoms with Gasteiger partial charge in [0.1, 0.15) is 0 Å². The average molecular weight is 344 g/mol. The van der Waals surface area contributed by atoms with Crippen LogP contribution >= 0.6 is 0 Å². The van der Waals surface area contributed by atoms with Crippen molar-refractivity contribution >= 4 is 23.0 Å². The number of nitrogen functional groups attached to an aromatic ring is 1. The standard InChI is InChI=1S/C21H20N4O/c22-19-10-9-16(21(24)26)12-18(19)20(23)15-6-4-5-14(11-15)13-25-17-7-2-1-3-8-17/h1-12,23,25H,13,22H2,(H2,24,26). The van der Waals surface area contributed by atoms with E-state index in [0.29, 0.717) is 23.4 Å². The van der Waals surface area contributed by atoms with Gasteiger partial charge in [-0.2, -0.15) is 0 Å². The van der Waals surface area contributed by atoms with Crippen molar-refractivity contribution in [3.8, 4) is 0 Å². The molecule has 0 aliphatic heterocycles. The minimum atomic E-state index is -0.542. The van der Waals surface area contributed by atoms with Gasteiger partial charge < -0.3 is 16.8 Å². The number of amides is 1. The number of nitrogens with two attached hydrogens (primary N) is 2. The van der Waals surface area contributed by atoms with E-state index in [1.54, 1.807) is 18.2 Å². The fraction of sp³-hybridized carbons (Fsp3) is 0.0476. The van der Waals surface area contributed by atoms with Gasteiger partial charge in [-0.25, -0.2) is 0 Å². The van der Waals surface area contributed by atoms with E-state index in [-0.39, 0.29) is 5.71 Å². The van der Waals surface area contributed by atoms with Crippen LogP contribution in [0.25, 0.3) is 0 Å². The summed E-state index contributed by atoms with van der Waals surface area (Å²) < 4.78 is 0. The lowest BCUT2D eigenvalue weighted by atomic mass is 9.97. The van der Waals surface area contributed by atoms with Crippen molar-refractivity contribution in [1.29, 1.82) is 5.41 Å². The summed E-state index contributed by atoms with van der Waals surface area (Å²) in [5, 5.41) is 11.8. The number of primary amides is 1. The number of benzene rings is 3. The Morgan fingerprint density at radius 1 is 0.923 bits per heavy atom. The Morgan fingerprint density at radius 3 is 2.42 bits per heavy atom. The molecule has 5 heteroatoms. The normalized spacial score (nSPS) is 10.3. The molecule has 0 radical (unpaired) electrons. The molecule has 0 bridgehead atoms. The van der Waals surface area contributed by atoms with Crippen LogP contribution in [0.4, 0.5) is 11.4 Å². The van der Waals surface area contributed by atoms with Gasteiger partial charge in [0.15, 0.2) is 0 Å². The van der Waals surface area contributed by atoms with Gasteiger partial charge >= 0.3 is 0 Å². The molecule has 3 aromatic rings. The van der Waals surface area contributed by atoms with E-state index in [0.717, 1.165) is 16.8 Å². The number of hydrogen-bond donors (Lipinski definition) is 4. The fourth-order valence-corrected chi connectivity index (χ4v) is 2.68. The lowest BCUT2D eigenvalue weighted by molar-refractivity contribution is 0.100. The third-order valence-corrected chi connectivity index (χ3v) is 4.09. The molecule has 0 aliphatic carbocycles. The van der Waals surface area contributed by atoms with E-state index in [1.807, 2.05) is 54.6 Å². The zero-order valence-electron chi connectivity index (χ0n) is 14.2. The average Bonchev–Trinajstić information content (AvgIpc) is 2.67. The lowest BCUT2D eigenvalue weighted by Gasteiger charge is -2.11. The number of nitrogens with one attached hydrogen (secondary N) is 2. The summed E-state index contributed by atoms with van der Waals surface area (Å²) >= 11 is 0. The molecule has 3 aromatic carbocycles. The van der Waals surface area contributed by atoms with Crippen LogP contribution in [0.2, 0.25) is 0 Å². The predicted molar refractivity (Wildman–Crippen MR) is 106 cm³/mol. The topological polar surface area (TPSA) is 105 Å². The quantitative estimate of drug-likeness (QED) is 0.407. The molecule has 0 spiro atoms. The van der Waals surface area contributed by atoms with Gasteiger partial charge in [-0.1, -0.05) is 36.4 Å². The van der Waals surface area contributed by atoms with Crippen LogP contribution in [0.15, 0.2) is 72.8 Å². The molecule has 0 heterocycles. The second kappa shape index (κ2) is 7.53. The molecule has 0 aromatic heterocycles. The highest BCUT2D eigenvalue weighted by molar-refractivity contribution is 6.14. The third kappa shape index (κ3) is 3.89. The van der Waals surface area contributed by atoms with Gasteiger partial charge in [-0.15, -0.1) is 0 Å². The fourth-order valence-electron chi connectivity index (χ4n) is 2.68. The first-order valence-electron chi connectivity index (χ1n) is 8.21. The van der Waals surface area contributed by atoms with Gasteiger partial charge in [0.2, 0.25) is 5.91 Å². The van der Waals surface area contributed by atoms with Gasteiger partial charge in [-0.3, -0.25) is 10.2 Å². The Kier molecular flexibility index (Phi) is 4.99. The first-order chi connectivity index (χ1) is 12.5. The molecular weight excluding hydrogens is 324 g/mol. The van der Waals surface area contributed by atoms with Gasteiger partial charge in [0.25, 0.3) is 0 Å². The van der Waals surface area contributed by atoms with Crippen molar-refractivity contribution in [2.45, 2.75) is 6.54 Å². The summed E-state index contributed by atoms with van der Waals surface area (Å²) in [5.74, 6) is -0.542. The maximum Gasteiger partial charge on any atom is 0.248 e. The van der Waals surface area contributed by atoms with Crippen LogP contribution < -0.4 is 16.8 Å². The first-order valence-corrected chi connectivity index (χ1v) is 8.21. The van der Waals surface area contributed by atoms with Gasteiger partial charge in [0, 0.05) is 34.6 Å². The molecule has 1 amide bonds. The molecule has 0 saturated heterocycles. The number of carbonyl (C=O) groups excluding carboxylic acids is 1. The van der Waals surface area contributed by atoms with E-state index in [1.165, 1.54) is 0 Å². The smallest absolute Gasteiger partial charge is 0.248 e. The molecule has 6 N–H and O–H groups in total. The highest BCUT2D eigenvalue weighted by Gasteiger charge is 2.12. The van der Waals surface area contributed by atoms with Crippen molar-refractivity contribution in [2.24, 2.45) is 5.73 Å². The van der Waals surface area contributed by atoms with Crippen molar-refractivity contribution in [3.63, 3.8) is 0 Å². The van der Waals surface area contributed by atoms with E-state index in [9.17, 15) is 4.79 Å². The number of anilines is 2. The first kappa shape index (κ1) is 17.2. The van der Waals surface area contributed by atoms with E-state index in [4.69, 9.17) is 16.9 Å². The Balaban J connectivity index is 1.82. The Labute approximate surface area is 152 Å². The zero-order chi connectivity index (χ0) is 18.5. The highest BCUT2D eigenvalue weighted by Crippen LogP contribution is 2.20. The Bertz CT molecular complexity index is 951. The summed E-state index contributed by atoms with van der Waals surface area (Å²) in [7, 11) is 0. The summed E-state index contributed by atoms with van der Waals surface area (Å²) in [6.07, 6.45) is 0. The second-order valence-electron chi connectivity index (χ2n) is 5.96. The number of carbonyl (C=O) groups is 1. The summed E-state index contributed by atoms with van der Waals surface area (Å²) in [6, 6.07) is 22.3. The van der Waals surface area contributed by atoms with Crippen LogP contribution in [0, 0.1) is 5.41 Å². The minimum Gasteiger partial charge on any atom is -0.398 e. The molecule has 0 aliphatic rings. The second-order valence-corrected chi connectivity index (χ2v) is 5.96. The van der Waals surface area contributed by atoms with E-state index < -0.39 is 5.91 Å². The molecule has 130 valence electrons. The van der Waals surface area contributed by atoms with Crippen LogP contribution in [0.1, 0.15) is 27.0 Å². The number of hydrogen-bond acceptors (Lipinski definition) is 4. The molecule has 0 fully saturated rings. The summed E-state index contributed by atoms with van der Waals surface area (Å²) in [6.45, 7) is 0.641. The maximum atomic E-state index is 11.4. The third-order valence-electron chi connectivity index (χ3n) is 4.09. The summed E-state index contributed by atoms with van der Waals surface area (Å²) in [4.78, 5) is 11.4. The molecular formula is C21H20N4O. The van der Waals surface area contributed by atoms with E-state index in [2.05, 4.69) is 5.32 Å². The monoisotopic (exact) mass is 344 g/mol. The highest BCUT2D eigenvalue weighted by atomic mass is 16.1. The number of rotatable bonds is 6. The predicted octanol–water partition coefficient (Wildman–Crippen LogP) is 3.40. The van der Waals surface area contributed by atoms with Crippen LogP contribution in [0.5, 0.6) is 0 Å². The lowest BCUT2D eigenvalue weighted by Crippen LogP contribution is -2.13. The molecule has 3 rings (SSSR count). The van der Waals surface area contributed by atoms with E-state index >= 15 is 0 Å². The largest absolute Gasteiger partial charge is 0.398 e.